The lowest BCUT2D eigenvalue weighted by molar-refractivity contribution is -0.118. The van der Waals surface area contributed by atoms with E-state index in [0.29, 0.717) is 34.4 Å². The number of ketones is 2. The lowest BCUT2D eigenvalue weighted by atomic mass is 10.2. The molecule has 0 spiro atoms. The quantitative estimate of drug-likeness (QED) is 0.852. The molecule has 0 radical (unpaired) electrons. The van der Waals surface area contributed by atoms with Crippen molar-refractivity contribution in [1.82, 2.24) is 9.47 Å². The van der Waals surface area contributed by atoms with Crippen LogP contribution in [-0.2, 0) is 16.1 Å². The van der Waals surface area contributed by atoms with Gasteiger partial charge in [-0.05, 0) is 34.6 Å². The second-order valence-corrected chi connectivity index (χ2v) is 8.60. The molecule has 1 aliphatic heterocycles. The highest BCUT2D eigenvalue weighted by atomic mass is 32.2. The van der Waals surface area contributed by atoms with Gasteiger partial charge in [-0.3, -0.25) is 20.4 Å². The first-order valence-corrected chi connectivity index (χ1v) is 9.46. The highest BCUT2D eigenvalue weighted by molar-refractivity contribution is 8.14. The molecule has 8 heteroatoms. The van der Waals surface area contributed by atoms with Crippen LogP contribution in [0.5, 0.6) is 0 Å². The predicted molar refractivity (Wildman–Crippen MR) is 99.9 cm³/mol. The number of hydrogen-bond acceptors (Lipinski definition) is 6. The smallest absolute Gasteiger partial charge is 0.182 e. The van der Waals surface area contributed by atoms with E-state index in [9.17, 15) is 9.59 Å². The molecule has 2 unspecified atom stereocenters. The third-order valence-corrected chi connectivity index (χ3v) is 6.15. The molecule has 2 rings (SSSR count). The summed E-state index contributed by atoms with van der Waals surface area (Å²) in [5.41, 5.74) is 1.03. The van der Waals surface area contributed by atoms with E-state index in [1.54, 1.807) is 18.4 Å². The number of carbonyl (C=O) groups is 2. The minimum absolute atomic E-state index is 0.0920. The van der Waals surface area contributed by atoms with Gasteiger partial charge in [0, 0.05) is 21.9 Å². The van der Waals surface area contributed by atoms with Gasteiger partial charge < -0.3 is 9.47 Å². The lowest BCUT2D eigenvalue weighted by Gasteiger charge is -2.21. The summed E-state index contributed by atoms with van der Waals surface area (Å²) in [7, 11) is 0. The molecule has 2 N–H and O–H groups in total. The summed E-state index contributed by atoms with van der Waals surface area (Å²) in [6, 6.07) is 0.311. The maximum absolute atomic E-state index is 10.8. The average molecular weight is 371 g/mol. The van der Waals surface area contributed by atoms with Gasteiger partial charge in [-0.15, -0.1) is 11.3 Å². The summed E-state index contributed by atoms with van der Waals surface area (Å²) in [5.74, 6) is 0.218. The molecular formula is C16H26N4O2S2. The largest absolute Gasteiger partial charge is 0.341 e. The van der Waals surface area contributed by atoms with Crippen LogP contribution in [0, 0.1) is 24.7 Å². The first kappa shape index (κ1) is 20.6. The third-order valence-electron chi connectivity index (χ3n) is 3.91. The summed E-state index contributed by atoms with van der Waals surface area (Å²) in [6.07, 6.45) is 0. The molecule has 1 saturated heterocycles. The molecule has 2 atom stereocenters. The molecule has 0 bridgehead atoms. The van der Waals surface area contributed by atoms with Crippen LogP contribution in [0.2, 0.25) is 0 Å². The van der Waals surface area contributed by atoms with Crippen molar-refractivity contribution < 1.29 is 9.59 Å². The molecule has 24 heavy (non-hydrogen) atoms. The molecule has 1 aromatic heterocycles. The Morgan fingerprint density at radius 2 is 1.62 bits per heavy atom. The fraction of sp³-hybridized carbons (Fsp3) is 0.625. The number of aryl methyl sites for hydroxylation is 1. The third kappa shape index (κ3) is 5.31. The van der Waals surface area contributed by atoms with E-state index in [0.717, 1.165) is 10.6 Å². The molecule has 1 fully saturated rings. The first-order valence-electron chi connectivity index (χ1n) is 7.76. The number of thioether (sulfide) groups is 1. The van der Waals surface area contributed by atoms with Crippen LogP contribution in [0.15, 0.2) is 0 Å². The minimum Gasteiger partial charge on any atom is -0.341 e. The first-order chi connectivity index (χ1) is 11.0. The Balaban J connectivity index is 0.000000240. The fourth-order valence-electron chi connectivity index (χ4n) is 2.27. The van der Waals surface area contributed by atoms with Gasteiger partial charge in [-0.1, -0.05) is 18.7 Å². The van der Waals surface area contributed by atoms with Crippen molar-refractivity contribution in [2.24, 2.45) is 0 Å². The minimum atomic E-state index is 0.0920. The van der Waals surface area contributed by atoms with Crippen LogP contribution in [-0.4, -0.2) is 44.0 Å². The number of aromatic nitrogens is 1. The predicted octanol–water partition coefficient (Wildman–Crippen LogP) is 2.57. The van der Waals surface area contributed by atoms with Crippen molar-refractivity contribution in [1.29, 1.82) is 10.8 Å². The van der Waals surface area contributed by atoms with Crippen molar-refractivity contribution in [3.63, 3.8) is 0 Å². The second kappa shape index (κ2) is 8.62. The number of Topliss-reactive ketones (excluding diaryl/α,β-unsaturated/α-hetero) is 2. The van der Waals surface area contributed by atoms with Crippen molar-refractivity contribution in [3.05, 3.63) is 15.4 Å². The van der Waals surface area contributed by atoms with Gasteiger partial charge in [-0.2, -0.15) is 0 Å². The molecule has 1 aliphatic rings. The lowest BCUT2D eigenvalue weighted by Crippen LogP contribution is -2.36. The highest BCUT2D eigenvalue weighted by Gasteiger charge is 2.32. The van der Waals surface area contributed by atoms with E-state index in [2.05, 4.69) is 13.8 Å². The van der Waals surface area contributed by atoms with Gasteiger partial charge in [0.25, 0.3) is 0 Å². The number of nitrogens with zero attached hydrogens (tertiary/aromatic N) is 2. The normalized spacial score (nSPS) is 19.9. The number of carbonyl (C=O) groups excluding carboxylic acids is 2. The summed E-state index contributed by atoms with van der Waals surface area (Å²) < 4.78 is 1.74. The summed E-state index contributed by atoms with van der Waals surface area (Å²) in [4.78, 5) is 25.1. The number of amidine groups is 1. The molecular weight excluding hydrogens is 344 g/mol. The van der Waals surface area contributed by atoms with Crippen molar-refractivity contribution in [2.45, 2.75) is 59.4 Å². The maximum atomic E-state index is 10.8. The van der Waals surface area contributed by atoms with E-state index in [1.165, 1.54) is 23.1 Å². The number of thiazole rings is 1. The zero-order valence-electron chi connectivity index (χ0n) is 15.1. The highest BCUT2D eigenvalue weighted by Crippen LogP contribution is 2.29. The number of nitrogens with one attached hydrogen (secondary N) is 2. The Kier molecular flexibility index (Phi) is 7.41. The number of rotatable bonds is 4. The summed E-state index contributed by atoms with van der Waals surface area (Å²) in [5, 5.41) is 16.1. The van der Waals surface area contributed by atoms with Gasteiger partial charge in [0.15, 0.2) is 9.97 Å². The Morgan fingerprint density at radius 1 is 1.08 bits per heavy atom. The fourth-order valence-corrected chi connectivity index (χ4v) is 4.19. The van der Waals surface area contributed by atoms with E-state index in [-0.39, 0.29) is 11.6 Å². The van der Waals surface area contributed by atoms with Crippen LogP contribution >= 0.6 is 23.1 Å². The van der Waals surface area contributed by atoms with Gasteiger partial charge in [-0.25, -0.2) is 0 Å². The van der Waals surface area contributed by atoms with Crippen LogP contribution < -0.4 is 4.80 Å². The van der Waals surface area contributed by atoms with Crippen LogP contribution in [0.4, 0.5) is 0 Å². The monoisotopic (exact) mass is 370 g/mol. The van der Waals surface area contributed by atoms with Crippen LogP contribution in [0.3, 0.4) is 0 Å². The Hall–Kier alpha value is -1.41. The van der Waals surface area contributed by atoms with E-state index >= 15 is 0 Å². The van der Waals surface area contributed by atoms with E-state index < -0.39 is 0 Å². The van der Waals surface area contributed by atoms with E-state index in [1.807, 2.05) is 18.7 Å². The molecule has 134 valence electrons. The van der Waals surface area contributed by atoms with Gasteiger partial charge >= 0.3 is 0 Å². The Morgan fingerprint density at radius 3 is 1.96 bits per heavy atom. The van der Waals surface area contributed by atoms with Gasteiger partial charge in [0.2, 0.25) is 0 Å². The molecule has 0 aliphatic carbocycles. The molecule has 2 heterocycles. The van der Waals surface area contributed by atoms with Gasteiger partial charge in [0.1, 0.15) is 11.6 Å². The number of hydrogen-bond donors (Lipinski definition) is 2. The van der Waals surface area contributed by atoms with Crippen molar-refractivity contribution in [3.8, 4) is 0 Å². The zero-order valence-corrected chi connectivity index (χ0v) is 16.7. The summed E-state index contributed by atoms with van der Waals surface area (Å²) in [6.45, 7) is 11.9. The van der Waals surface area contributed by atoms with Crippen LogP contribution in [0.1, 0.15) is 38.3 Å². The SMILES string of the molecule is CC(=O)CN1C(=N)SC(C)C1C.CC(=O)Cn1c(C)c(C)sc1=N. The molecule has 6 nitrogen and oxygen atoms in total. The summed E-state index contributed by atoms with van der Waals surface area (Å²) >= 11 is 2.95. The standard InChI is InChI=1S/C8H14N2OS.C8H12N2OS/c2*1-5(11)4-10-6(2)7(3)12-8(10)9/h6-7,9H,4H2,1-3H3;9H,4H2,1-3H3. The van der Waals surface area contributed by atoms with Crippen molar-refractivity contribution in [2.75, 3.05) is 6.54 Å². The van der Waals surface area contributed by atoms with Crippen LogP contribution in [0.25, 0.3) is 0 Å². The van der Waals surface area contributed by atoms with Gasteiger partial charge in [0.05, 0.1) is 13.1 Å². The molecule has 1 aromatic rings. The Bertz CT molecular complexity index is 693. The topological polar surface area (TPSA) is 90.0 Å². The maximum Gasteiger partial charge on any atom is 0.182 e. The average Bonchev–Trinajstić information content (AvgIpc) is 2.83. The van der Waals surface area contributed by atoms with Crippen molar-refractivity contribution >= 4 is 39.8 Å². The Labute approximate surface area is 151 Å². The molecule has 0 aromatic carbocycles. The zero-order chi connectivity index (χ0) is 18.6. The second-order valence-electron chi connectivity index (χ2n) is 6.04. The molecule has 0 saturated carbocycles. The van der Waals surface area contributed by atoms with E-state index in [4.69, 9.17) is 10.8 Å². The molecule has 0 amide bonds.